The summed E-state index contributed by atoms with van der Waals surface area (Å²) in [5.41, 5.74) is 2.03. The van der Waals surface area contributed by atoms with Crippen LogP contribution >= 0.6 is 0 Å². The van der Waals surface area contributed by atoms with Crippen molar-refractivity contribution in [2.24, 2.45) is 0 Å². The highest BCUT2D eigenvalue weighted by molar-refractivity contribution is 5.88. The Morgan fingerprint density at radius 2 is 2.56 bits per heavy atom. The van der Waals surface area contributed by atoms with Gasteiger partial charge in [-0.3, -0.25) is 0 Å². The van der Waals surface area contributed by atoms with Gasteiger partial charge < -0.3 is 0 Å². The van der Waals surface area contributed by atoms with Crippen molar-refractivity contribution in [1.82, 2.24) is 4.99 Å². The van der Waals surface area contributed by atoms with Crippen LogP contribution in [0.1, 0.15) is 0 Å². The van der Waals surface area contributed by atoms with E-state index in [0.717, 1.165) is 11.4 Å². The molecular weight excluding hydrogens is 112 g/mol. The van der Waals surface area contributed by atoms with Crippen LogP contribution in [0, 0.1) is 6.07 Å². The first-order valence-corrected chi connectivity index (χ1v) is 2.76. The van der Waals surface area contributed by atoms with Crippen LogP contribution in [-0.2, 0) is 0 Å². The second-order valence-electron chi connectivity index (χ2n) is 1.85. The molecule has 2 rings (SSSR count). The smallest absolute Gasteiger partial charge is 0.240 e. The summed E-state index contributed by atoms with van der Waals surface area (Å²) in [4.78, 5) is 4.03. The van der Waals surface area contributed by atoms with Crippen LogP contribution in [-0.4, -0.2) is 6.34 Å². The first-order valence-electron chi connectivity index (χ1n) is 2.76. The minimum Gasteiger partial charge on any atom is -0.240 e. The van der Waals surface area contributed by atoms with Gasteiger partial charge in [0.1, 0.15) is 0 Å². The maximum atomic E-state index is 4.03. The highest BCUT2D eigenvalue weighted by Crippen LogP contribution is 2.20. The third-order valence-corrected chi connectivity index (χ3v) is 1.27. The number of anilines is 1. The Balaban J connectivity index is 2.63. The molecule has 0 amide bonds. The van der Waals surface area contributed by atoms with Gasteiger partial charge >= 0.3 is 0 Å². The van der Waals surface area contributed by atoms with Crippen LogP contribution in [0.5, 0.6) is 0 Å². The molecule has 0 atom stereocenters. The molecule has 2 nitrogen and oxygen atoms in total. The van der Waals surface area contributed by atoms with Gasteiger partial charge in [0.05, 0.1) is 0 Å². The summed E-state index contributed by atoms with van der Waals surface area (Å²) in [5.74, 6) is 0. The Bertz CT molecular complexity index is 253. The van der Waals surface area contributed by atoms with Gasteiger partial charge in [-0.25, -0.2) is 5.32 Å². The Kier molecular flexibility index (Phi) is 0.803. The van der Waals surface area contributed by atoms with Crippen molar-refractivity contribution in [2.45, 2.75) is 0 Å². The lowest BCUT2D eigenvalue weighted by Crippen LogP contribution is -1.86. The van der Waals surface area contributed by atoms with E-state index < -0.39 is 0 Å². The predicted octanol–water partition coefficient (Wildman–Crippen LogP) is 0.908. The first-order chi connectivity index (χ1) is 4.47. The van der Waals surface area contributed by atoms with E-state index in [1.165, 1.54) is 0 Å². The van der Waals surface area contributed by atoms with Crippen LogP contribution in [0.3, 0.4) is 0 Å². The highest BCUT2D eigenvalue weighted by atomic mass is 15.0. The molecule has 2 heteroatoms. The van der Waals surface area contributed by atoms with Crippen LogP contribution in [0.15, 0.2) is 18.2 Å². The van der Waals surface area contributed by atoms with E-state index in [-0.39, 0.29) is 0 Å². The predicted molar refractivity (Wildman–Crippen MR) is 36.8 cm³/mol. The molecule has 0 aliphatic carbocycles. The fourth-order valence-electron chi connectivity index (χ4n) is 0.822. The lowest BCUT2D eigenvalue weighted by Gasteiger charge is -1.83. The molecule has 0 fully saturated rings. The number of hydrogen-bond acceptors (Lipinski definition) is 2. The molecular formula is C7H5N2+. The van der Waals surface area contributed by atoms with Crippen molar-refractivity contribution in [3.05, 3.63) is 24.3 Å². The molecule has 1 aliphatic rings. The summed E-state index contributed by atoms with van der Waals surface area (Å²) in [6, 6.07) is 8.60. The molecule has 0 aromatic heterocycles. The summed E-state index contributed by atoms with van der Waals surface area (Å²) >= 11 is 0. The number of fused-ring (bicyclic) bond motifs is 1. The number of nitrogens with one attached hydrogen (secondary N) is 1. The van der Waals surface area contributed by atoms with Crippen LogP contribution < -0.4 is 10.3 Å². The minimum atomic E-state index is 0.970. The van der Waals surface area contributed by atoms with E-state index in [4.69, 9.17) is 0 Å². The first kappa shape index (κ1) is 4.56. The van der Waals surface area contributed by atoms with Gasteiger partial charge in [-0.15, -0.1) is 0 Å². The van der Waals surface area contributed by atoms with Crippen LogP contribution in [0.4, 0.5) is 11.4 Å². The minimum absolute atomic E-state index is 0.970. The largest absolute Gasteiger partial charge is 0.285 e. The molecule has 0 spiro atoms. The standard InChI is InChI=1S/C7H5N2/c1-2-4-7-6(3-1)8-5-9-7/h1,3-5,8H/q+1. The average Bonchev–Trinajstić information content (AvgIpc) is 2.33. The second kappa shape index (κ2) is 1.58. The molecule has 1 aromatic carbocycles. The van der Waals surface area contributed by atoms with Gasteiger partial charge in [-0.05, 0) is 23.2 Å². The van der Waals surface area contributed by atoms with Crippen molar-refractivity contribution in [3.8, 4) is 0 Å². The van der Waals surface area contributed by atoms with Gasteiger partial charge in [0, 0.05) is 6.07 Å². The lowest BCUT2D eigenvalue weighted by molar-refractivity contribution is 1.44. The Morgan fingerprint density at radius 3 is 3.44 bits per heavy atom. The van der Waals surface area contributed by atoms with Crippen molar-refractivity contribution in [3.63, 3.8) is 0 Å². The molecule has 0 saturated heterocycles. The molecule has 9 heavy (non-hydrogen) atoms. The molecule has 1 N–H and O–H groups in total. The molecule has 0 saturated carbocycles. The number of benzene rings is 1. The number of aliphatic imine (C=N–C) groups is 1. The summed E-state index contributed by atoms with van der Waals surface area (Å²) in [7, 11) is 0. The van der Waals surface area contributed by atoms with Gasteiger partial charge in [0.15, 0.2) is 5.69 Å². The van der Waals surface area contributed by atoms with Gasteiger partial charge in [0.25, 0.3) is 6.34 Å². The number of rotatable bonds is 0. The summed E-state index contributed by atoms with van der Waals surface area (Å²) in [6.45, 7) is 0. The normalized spacial score (nSPS) is 12.9. The summed E-state index contributed by atoms with van der Waals surface area (Å²) in [5, 5.41) is 2.99. The molecule has 1 aromatic rings. The Labute approximate surface area is 53.2 Å². The zero-order valence-corrected chi connectivity index (χ0v) is 4.76. The monoisotopic (exact) mass is 117 g/mol. The number of hydrogen-bond donors (Lipinski definition) is 1. The molecule has 0 unspecified atom stereocenters. The molecule has 42 valence electrons. The fourth-order valence-corrected chi connectivity index (χ4v) is 0.822. The quantitative estimate of drug-likeness (QED) is 0.537. The van der Waals surface area contributed by atoms with E-state index in [9.17, 15) is 0 Å². The van der Waals surface area contributed by atoms with E-state index >= 15 is 0 Å². The third-order valence-electron chi connectivity index (χ3n) is 1.27. The zero-order chi connectivity index (χ0) is 6.10. The molecule has 0 bridgehead atoms. The van der Waals surface area contributed by atoms with E-state index in [1.54, 1.807) is 6.34 Å². The maximum absolute atomic E-state index is 4.03. The van der Waals surface area contributed by atoms with E-state index in [1.807, 2.05) is 18.2 Å². The van der Waals surface area contributed by atoms with Gasteiger partial charge in [-0.1, -0.05) is 0 Å². The van der Waals surface area contributed by atoms with Crippen molar-refractivity contribution in [1.29, 1.82) is 0 Å². The highest BCUT2D eigenvalue weighted by Gasteiger charge is 2.12. The van der Waals surface area contributed by atoms with Crippen molar-refractivity contribution >= 4 is 17.7 Å². The summed E-state index contributed by atoms with van der Waals surface area (Å²) < 4.78 is 0. The van der Waals surface area contributed by atoms with Crippen LogP contribution in [0.2, 0.25) is 0 Å². The third kappa shape index (κ3) is 0.598. The topological polar surface area (TPSA) is 26.1 Å². The van der Waals surface area contributed by atoms with Crippen LogP contribution in [0.25, 0.3) is 0 Å². The van der Waals surface area contributed by atoms with E-state index in [0.29, 0.717) is 0 Å². The van der Waals surface area contributed by atoms with Gasteiger partial charge in [0.2, 0.25) is 5.69 Å². The summed E-state index contributed by atoms with van der Waals surface area (Å²) in [6.07, 6.45) is 1.68. The molecule has 1 aliphatic heterocycles. The lowest BCUT2D eigenvalue weighted by atomic mass is 10.3. The number of nitrogens with zero attached hydrogens (tertiary/aromatic N) is 1. The Morgan fingerprint density at radius 1 is 1.56 bits per heavy atom. The second-order valence-corrected chi connectivity index (χ2v) is 1.85. The molecule has 1 heterocycles. The fraction of sp³-hybridized carbons (Fsp3) is 0. The van der Waals surface area contributed by atoms with E-state index in [2.05, 4.69) is 16.4 Å². The molecule has 2 radical (unpaired) electrons. The van der Waals surface area contributed by atoms with Crippen molar-refractivity contribution < 1.29 is 0 Å². The van der Waals surface area contributed by atoms with Crippen molar-refractivity contribution in [2.75, 3.05) is 5.32 Å². The zero-order valence-electron chi connectivity index (χ0n) is 4.76. The maximum Gasteiger partial charge on any atom is 0.285 e. The average molecular weight is 117 g/mol. The SMILES string of the molecule is [c]1ccc2c(c1)[N+]=CN2. The van der Waals surface area contributed by atoms with Gasteiger partial charge in [-0.2, -0.15) is 0 Å². The Hall–Kier alpha value is -1.31.